The summed E-state index contributed by atoms with van der Waals surface area (Å²) in [6.07, 6.45) is 13.3. The molecule has 4 N–H and O–H groups in total. The van der Waals surface area contributed by atoms with Gasteiger partial charge in [-0.2, -0.15) is 0 Å². The number of ether oxygens (including phenoxy) is 2. The first kappa shape index (κ1) is 27.5. The van der Waals surface area contributed by atoms with Crippen molar-refractivity contribution < 1.29 is 9.47 Å². The molecule has 0 bridgehead atoms. The number of nitrogens with two attached hydrogens (primary N) is 2. The number of rotatable bonds is 16. The molecule has 2 rings (SSSR count). The Labute approximate surface area is 202 Å². The Kier molecular flexibility index (Phi) is 12.6. The minimum Gasteiger partial charge on any atom is -0.493 e. The molecule has 0 amide bonds. The summed E-state index contributed by atoms with van der Waals surface area (Å²) in [6.45, 7) is 13.8. The van der Waals surface area contributed by atoms with Crippen molar-refractivity contribution in [3.63, 3.8) is 0 Å². The standard InChI is InChI=1S/C29H48N2O2/c1-5-6-7-12-24-20-27(32-17-10-8-15-30)29(28(21-24)33-18-11-9-16-31)26-19-23(4)13-14-25(26)22(2)3/h19-21,25-26H,2,5-18,30-31H2,1,3-4H3/t25-,26+/m0/s1. The molecule has 1 aliphatic carbocycles. The van der Waals surface area contributed by atoms with E-state index in [1.165, 1.54) is 41.5 Å². The van der Waals surface area contributed by atoms with Crippen molar-refractivity contribution in [2.45, 2.75) is 90.9 Å². The summed E-state index contributed by atoms with van der Waals surface area (Å²) in [5.41, 5.74) is 16.6. The summed E-state index contributed by atoms with van der Waals surface area (Å²) < 4.78 is 12.9. The summed E-state index contributed by atoms with van der Waals surface area (Å²) in [6, 6.07) is 4.54. The molecule has 0 saturated heterocycles. The van der Waals surface area contributed by atoms with E-state index in [9.17, 15) is 0 Å². The number of hydrogen-bond donors (Lipinski definition) is 2. The summed E-state index contributed by atoms with van der Waals surface area (Å²) in [7, 11) is 0. The molecule has 1 aromatic rings. The minimum atomic E-state index is 0.231. The maximum atomic E-state index is 6.46. The van der Waals surface area contributed by atoms with Crippen molar-refractivity contribution in [1.29, 1.82) is 0 Å². The molecule has 33 heavy (non-hydrogen) atoms. The fourth-order valence-corrected chi connectivity index (χ4v) is 4.71. The molecular weight excluding hydrogens is 408 g/mol. The van der Waals surface area contributed by atoms with Crippen LogP contribution in [0, 0.1) is 5.92 Å². The topological polar surface area (TPSA) is 70.5 Å². The van der Waals surface area contributed by atoms with Gasteiger partial charge in [-0.3, -0.25) is 0 Å². The molecule has 0 unspecified atom stereocenters. The second-order valence-electron chi connectivity index (χ2n) is 9.68. The highest BCUT2D eigenvalue weighted by atomic mass is 16.5. The zero-order valence-electron chi connectivity index (χ0n) is 21.5. The fraction of sp³-hybridized carbons (Fsp3) is 0.655. The van der Waals surface area contributed by atoms with Crippen LogP contribution in [0.4, 0.5) is 0 Å². The summed E-state index contributed by atoms with van der Waals surface area (Å²) in [5.74, 6) is 2.60. The molecule has 0 aliphatic heterocycles. The molecular formula is C29H48N2O2. The first-order valence-electron chi connectivity index (χ1n) is 13.2. The maximum absolute atomic E-state index is 6.46. The van der Waals surface area contributed by atoms with Crippen LogP contribution in [0.2, 0.25) is 0 Å². The highest BCUT2D eigenvalue weighted by Crippen LogP contribution is 2.47. The predicted octanol–water partition coefficient (Wildman–Crippen LogP) is 6.67. The van der Waals surface area contributed by atoms with Crippen molar-refractivity contribution in [2.24, 2.45) is 17.4 Å². The van der Waals surface area contributed by atoms with E-state index in [2.05, 4.69) is 45.6 Å². The quantitative estimate of drug-likeness (QED) is 0.215. The normalized spacial score (nSPS) is 18.2. The van der Waals surface area contributed by atoms with E-state index in [0.29, 0.717) is 32.2 Å². The lowest BCUT2D eigenvalue weighted by Crippen LogP contribution is -2.19. The van der Waals surface area contributed by atoms with E-state index in [-0.39, 0.29) is 5.92 Å². The number of aryl methyl sites for hydroxylation is 1. The molecule has 0 radical (unpaired) electrons. The third-order valence-electron chi connectivity index (χ3n) is 6.66. The molecule has 0 spiro atoms. The maximum Gasteiger partial charge on any atom is 0.127 e. The number of benzene rings is 1. The van der Waals surface area contributed by atoms with Crippen molar-refractivity contribution in [3.05, 3.63) is 47.1 Å². The molecule has 2 atom stereocenters. The zero-order chi connectivity index (χ0) is 24.1. The Morgan fingerprint density at radius 1 is 0.970 bits per heavy atom. The Morgan fingerprint density at radius 3 is 2.09 bits per heavy atom. The molecule has 4 heteroatoms. The second kappa shape index (κ2) is 15.2. The largest absolute Gasteiger partial charge is 0.493 e. The van der Waals surface area contributed by atoms with Gasteiger partial charge in [-0.05, 0) is 102 Å². The van der Waals surface area contributed by atoms with Crippen LogP contribution in [-0.4, -0.2) is 26.3 Å². The summed E-state index contributed by atoms with van der Waals surface area (Å²) >= 11 is 0. The molecule has 0 heterocycles. The van der Waals surface area contributed by atoms with Gasteiger partial charge in [0.1, 0.15) is 11.5 Å². The van der Waals surface area contributed by atoms with Crippen molar-refractivity contribution >= 4 is 0 Å². The second-order valence-corrected chi connectivity index (χ2v) is 9.68. The van der Waals surface area contributed by atoms with E-state index >= 15 is 0 Å². The van der Waals surface area contributed by atoms with Gasteiger partial charge in [0.25, 0.3) is 0 Å². The van der Waals surface area contributed by atoms with Crippen LogP contribution in [0.15, 0.2) is 35.9 Å². The lowest BCUT2D eigenvalue weighted by molar-refractivity contribution is 0.281. The molecule has 186 valence electrons. The smallest absolute Gasteiger partial charge is 0.127 e. The van der Waals surface area contributed by atoms with E-state index in [4.69, 9.17) is 20.9 Å². The third-order valence-corrected chi connectivity index (χ3v) is 6.66. The van der Waals surface area contributed by atoms with Crippen molar-refractivity contribution in [1.82, 2.24) is 0 Å². The third kappa shape index (κ3) is 8.83. The van der Waals surface area contributed by atoms with Gasteiger partial charge in [-0.15, -0.1) is 0 Å². The predicted molar refractivity (Wildman–Crippen MR) is 141 cm³/mol. The SMILES string of the molecule is C=C(C)[C@@H]1CCC(C)=C[C@H]1c1c(OCCCCN)cc(CCCCC)cc1OCCCCN. The lowest BCUT2D eigenvalue weighted by Gasteiger charge is -2.33. The van der Waals surface area contributed by atoms with Crippen LogP contribution in [0.5, 0.6) is 11.5 Å². The molecule has 1 aromatic carbocycles. The Bertz CT molecular complexity index is 723. The summed E-state index contributed by atoms with van der Waals surface area (Å²) in [5, 5.41) is 0. The first-order valence-corrected chi connectivity index (χ1v) is 13.2. The van der Waals surface area contributed by atoms with Crippen LogP contribution in [0.25, 0.3) is 0 Å². The van der Waals surface area contributed by atoms with Crippen LogP contribution < -0.4 is 20.9 Å². The number of hydrogen-bond acceptors (Lipinski definition) is 4. The van der Waals surface area contributed by atoms with Crippen LogP contribution >= 0.6 is 0 Å². The van der Waals surface area contributed by atoms with Gasteiger partial charge in [-0.25, -0.2) is 0 Å². The van der Waals surface area contributed by atoms with Gasteiger partial charge in [0.05, 0.1) is 13.2 Å². The number of allylic oxidation sites excluding steroid dienone is 3. The van der Waals surface area contributed by atoms with E-state index in [1.54, 1.807) is 0 Å². The lowest BCUT2D eigenvalue weighted by atomic mass is 9.73. The van der Waals surface area contributed by atoms with Crippen LogP contribution in [0.1, 0.15) is 95.6 Å². The fourth-order valence-electron chi connectivity index (χ4n) is 4.71. The van der Waals surface area contributed by atoms with Gasteiger partial charge in [0, 0.05) is 11.5 Å². The van der Waals surface area contributed by atoms with Gasteiger partial charge in [0.15, 0.2) is 0 Å². The zero-order valence-corrected chi connectivity index (χ0v) is 21.5. The minimum absolute atomic E-state index is 0.231. The molecule has 0 saturated carbocycles. The Hall–Kier alpha value is -1.78. The van der Waals surface area contributed by atoms with E-state index in [0.717, 1.165) is 56.4 Å². The molecule has 0 fully saturated rings. The van der Waals surface area contributed by atoms with E-state index < -0.39 is 0 Å². The van der Waals surface area contributed by atoms with Crippen molar-refractivity contribution in [2.75, 3.05) is 26.3 Å². The molecule has 1 aliphatic rings. The summed E-state index contributed by atoms with van der Waals surface area (Å²) in [4.78, 5) is 0. The first-order chi connectivity index (χ1) is 16.0. The average molecular weight is 457 g/mol. The highest BCUT2D eigenvalue weighted by molar-refractivity contribution is 5.53. The van der Waals surface area contributed by atoms with Crippen LogP contribution in [0.3, 0.4) is 0 Å². The van der Waals surface area contributed by atoms with Gasteiger partial charge in [0.2, 0.25) is 0 Å². The van der Waals surface area contributed by atoms with E-state index in [1.807, 2.05) is 0 Å². The van der Waals surface area contributed by atoms with Gasteiger partial charge in [-0.1, -0.05) is 43.6 Å². The Balaban J connectivity index is 2.48. The Morgan fingerprint density at radius 2 is 1.58 bits per heavy atom. The average Bonchev–Trinajstić information content (AvgIpc) is 2.79. The van der Waals surface area contributed by atoms with Crippen molar-refractivity contribution in [3.8, 4) is 11.5 Å². The van der Waals surface area contributed by atoms with Gasteiger partial charge < -0.3 is 20.9 Å². The highest BCUT2D eigenvalue weighted by Gasteiger charge is 2.31. The monoisotopic (exact) mass is 456 g/mol. The van der Waals surface area contributed by atoms with Crippen LogP contribution in [-0.2, 0) is 6.42 Å². The molecule has 4 nitrogen and oxygen atoms in total. The van der Waals surface area contributed by atoms with Gasteiger partial charge >= 0.3 is 0 Å². The number of unbranched alkanes of at least 4 members (excludes halogenated alkanes) is 4. The molecule has 0 aromatic heterocycles.